The zero-order valence-corrected chi connectivity index (χ0v) is 11.2. The van der Waals surface area contributed by atoms with Gasteiger partial charge in [0.05, 0.1) is 11.7 Å². The maximum absolute atomic E-state index is 10.8. The molecule has 0 bridgehead atoms. The molecule has 0 radical (unpaired) electrons. The van der Waals surface area contributed by atoms with Gasteiger partial charge in [-0.2, -0.15) is 0 Å². The Balaban J connectivity index is 1.73. The third kappa shape index (κ3) is 1.91. The Morgan fingerprint density at radius 2 is 2.05 bits per heavy atom. The van der Waals surface area contributed by atoms with Crippen LogP contribution in [0.1, 0.15) is 30.6 Å². The first-order valence-electron chi connectivity index (χ1n) is 6.71. The van der Waals surface area contributed by atoms with E-state index in [2.05, 4.69) is 19.2 Å². The average molecular weight is 261 g/mol. The molecule has 2 fully saturated rings. The normalized spacial score (nSPS) is 31.4. The number of carboxylic acids is 1. The number of rotatable bonds is 3. The minimum atomic E-state index is -0.889. The van der Waals surface area contributed by atoms with Crippen molar-refractivity contribution in [2.24, 2.45) is 11.3 Å². The van der Waals surface area contributed by atoms with E-state index in [4.69, 9.17) is 9.84 Å². The second kappa shape index (κ2) is 4.23. The van der Waals surface area contributed by atoms with Crippen LogP contribution < -0.4 is 5.32 Å². The summed E-state index contributed by atoms with van der Waals surface area (Å²) in [6, 6.07) is 7.35. The number of carbonyl (C=O) groups is 1. The highest BCUT2D eigenvalue weighted by molar-refractivity contribution is 5.88. The van der Waals surface area contributed by atoms with Gasteiger partial charge < -0.3 is 15.2 Å². The molecular formula is C15H19NO3. The van der Waals surface area contributed by atoms with Crippen LogP contribution in [0.5, 0.6) is 0 Å². The quantitative estimate of drug-likeness (QED) is 0.878. The largest absolute Gasteiger partial charge is 0.478 e. The van der Waals surface area contributed by atoms with Crippen LogP contribution in [0, 0.1) is 11.3 Å². The first-order chi connectivity index (χ1) is 9.00. The highest BCUT2D eigenvalue weighted by Crippen LogP contribution is 2.53. The lowest BCUT2D eigenvalue weighted by atomic mass is 9.57. The molecule has 3 unspecified atom stereocenters. The van der Waals surface area contributed by atoms with Crippen LogP contribution in [0.4, 0.5) is 5.69 Å². The third-order valence-electron chi connectivity index (χ3n) is 4.55. The molecule has 102 valence electrons. The van der Waals surface area contributed by atoms with E-state index in [0.29, 0.717) is 23.6 Å². The second-order valence-corrected chi connectivity index (χ2v) is 6.07. The van der Waals surface area contributed by atoms with Gasteiger partial charge in [-0.05, 0) is 30.7 Å². The van der Waals surface area contributed by atoms with Gasteiger partial charge in [0.25, 0.3) is 0 Å². The number of carboxylic acid groups (broad SMARTS) is 1. The number of hydrogen-bond acceptors (Lipinski definition) is 3. The van der Waals surface area contributed by atoms with E-state index >= 15 is 0 Å². The van der Waals surface area contributed by atoms with Gasteiger partial charge in [0.15, 0.2) is 0 Å². The molecule has 1 aromatic carbocycles. The molecule has 19 heavy (non-hydrogen) atoms. The van der Waals surface area contributed by atoms with Crippen LogP contribution in [0.3, 0.4) is 0 Å². The maximum atomic E-state index is 10.8. The molecule has 1 saturated carbocycles. The second-order valence-electron chi connectivity index (χ2n) is 6.07. The maximum Gasteiger partial charge on any atom is 0.335 e. The Kier molecular flexibility index (Phi) is 2.78. The lowest BCUT2D eigenvalue weighted by molar-refractivity contribution is -0.0923. The number of anilines is 1. The molecule has 4 nitrogen and oxygen atoms in total. The van der Waals surface area contributed by atoms with Crippen LogP contribution in [0.2, 0.25) is 0 Å². The van der Waals surface area contributed by atoms with Crippen LogP contribution in [0.25, 0.3) is 0 Å². The minimum Gasteiger partial charge on any atom is -0.478 e. The minimum absolute atomic E-state index is 0.132. The standard InChI is InChI=1S/C15H19NO3/c1-15(2)12(11-7-8-19-13(11)15)16-10-5-3-9(4-6-10)14(17)18/h3-6,11-13,16H,7-8H2,1-2H3,(H,17,18). The molecule has 1 heterocycles. The molecule has 2 N–H and O–H groups in total. The molecule has 3 rings (SSSR count). The van der Waals surface area contributed by atoms with Crippen molar-refractivity contribution in [3.05, 3.63) is 29.8 Å². The van der Waals surface area contributed by atoms with Gasteiger partial charge in [-0.3, -0.25) is 0 Å². The zero-order chi connectivity index (χ0) is 13.6. The molecule has 1 aliphatic carbocycles. The first kappa shape index (κ1) is 12.5. The fourth-order valence-electron chi connectivity index (χ4n) is 3.51. The lowest BCUT2D eigenvalue weighted by Gasteiger charge is -2.55. The van der Waals surface area contributed by atoms with Crippen LogP contribution in [-0.2, 0) is 4.74 Å². The Labute approximate surface area is 112 Å². The molecular weight excluding hydrogens is 242 g/mol. The summed E-state index contributed by atoms with van der Waals surface area (Å²) in [5, 5.41) is 12.4. The molecule has 0 aromatic heterocycles. The summed E-state index contributed by atoms with van der Waals surface area (Å²) >= 11 is 0. The predicted octanol–water partition coefficient (Wildman–Crippen LogP) is 2.61. The van der Waals surface area contributed by atoms with E-state index in [1.807, 2.05) is 12.1 Å². The molecule has 1 saturated heterocycles. The molecule has 0 amide bonds. The number of nitrogens with one attached hydrogen (secondary N) is 1. The van der Waals surface area contributed by atoms with Crippen LogP contribution >= 0.6 is 0 Å². The van der Waals surface area contributed by atoms with E-state index in [1.54, 1.807) is 12.1 Å². The van der Waals surface area contributed by atoms with Gasteiger partial charge in [-0.15, -0.1) is 0 Å². The van der Waals surface area contributed by atoms with Gasteiger partial charge >= 0.3 is 5.97 Å². The Morgan fingerprint density at radius 1 is 1.37 bits per heavy atom. The third-order valence-corrected chi connectivity index (χ3v) is 4.55. The van der Waals surface area contributed by atoms with Crippen molar-refractivity contribution in [1.29, 1.82) is 0 Å². The lowest BCUT2D eigenvalue weighted by Crippen LogP contribution is -2.63. The van der Waals surface area contributed by atoms with E-state index < -0.39 is 5.97 Å². The fourth-order valence-corrected chi connectivity index (χ4v) is 3.51. The highest BCUT2D eigenvalue weighted by atomic mass is 16.5. The fraction of sp³-hybridized carbons (Fsp3) is 0.533. The van der Waals surface area contributed by atoms with Gasteiger partial charge in [-0.25, -0.2) is 4.79 Å². The predicted molar refractivity (Wildman–Crippen MR) is 72.4 cm³/mol. The Hall–Kier alpha value is -1.55. The van der Waals surface area contributed by atoms with E-state index in [0.717, 1.165) is 18.7 Å². The SMILES string of the molecule is CC1(C)C(Nc2ccc(C(=O)O)cc2)C2CCOC21. The molecule has 0 spiro atoms. The van der Waals surface area contributed by atoms with Crippen LogP contribution in [0.15, 0.2) is 24.3 Å². The summed E-state index contributed by atoms with van der Waals surface area (Å²) in [4.78, 5) is 10.8. The van der Waals surface area contributed by atoms with Crippen molar-refractivity contribution in [2.45, 2.75) is 32.4 Å². The number of ether oxygens (including phenoxy) is 1. The molecule has 3 atom stereocenters. The van der Waals surface area contributed by atoms with Crippen LogP contribution in [-0.4, -0.2) is 29.8 Å². The molecule has 2 aliphatic rings. The van der Waals surface area contributed by atoms with E-state index in [1.165, 1.54) is 0 Å². The summed E-state index contributed by atoms with van der Waals surface area (Å²) in [6.45, 7) is 5.31. The number of aromatic carboxylic acids is 1. The monoisotopic (exact) mass is 261 g/mol. The summed E-state index contributed by atoms with van der Waals surface area (Å²) in [5.74, 6) is -0.311. The van der Waals surface area contributed by atoms with Crippen molar-refractivity contribution in [2.75, 3.05) is 11.9 Å². The molecule has 1 aromatic rings. The van der Waals surface area contributed by atoms with Crippen molar-refractivity contribution in [3.8, 4) is 0 Å². The van der Waals surface area contributed by atoms with Gasteiger partial charge in [0.1, 0.15) is 0 Å². The van der Waals surface area contributed by atoms with Crippen molar-refractivity contribution >= 4 is 11.7 Å². The Bertz CT molecular complexity index is 495. The number of hydrogen-bond donors (Lipinski definition) is 2. The highest BCUT2D eigenvalue weighted by Gasteiger charge is 2.59. The molecule has 1 aliphatic heterocycles. The number of fused-ring (bicyclic) bond motifs is 1. The summed E-state index contributed by atoms with van der Waals surface area (Å²) in [7, 11) is 0. The smallest absolute Gasteiger partial charge is 0.335 e. The zero-order valence-electron chi connectivity index (χ0n) is 11.2. The van der Waals surface area contributed by atoms with Gasteiger partial charge in [-0.1, -0.05) is 13.8 Å². The average Bonchev–Trinajstić information content (AvgIpc) is 2.83. The van der Waals surface area contributed by atoms with Gasteiger partial charge in [0, 0.05) is 29.7 Å². The summed E-state index contributed by atoms with van der Waals surface area (Å²) < 4.78 is 5.77. The Morgan fingerprint density at radius 3 is 2.68 bits per heavy atom. The van der Waals surface area contributed by atoms with Crippen molar-refractivity contribution in [3.63, 3.8) is 0 Å². The first-order valence-corrected chi connectivity index (χ1v) is 6.71. The van der Waals surface area contributed by atoms with E-state index in [-0.39, 0.29) is 5.41 Å². The number of benzene rings is 1. The topological polar surface area (TPSA) is 58.6 Å². The van der Waals surface area contributed by atoms with Gasteiger partial charge in [0.2, 0.25) is 0 Å². The summed E-state index contributed by atoms with van der Waals surface area (Å²) in [5.41, 5.74) is 1.43. The molecule has 4 heteroatoms. The summed E-state index contributed by atoms with van der Waals surface area (Å²) in [6.07, 6.45) is 1.47. The van der Waals surface area contributed by atoms with E-state index in [9.17, 15) is 4.79 Å². The van der Waals surface area contributed by atoms with Crippen molar-refractivity contribution < 1.29 is 14.6 Å². The van der Waals surface area contributed by atoms with Crippen molar-refractivity contribution in [1.82, 2.24) is 0 Å².